The van der Waals surface area contributed by atoms with E-state index in [2.05, 4.69) is 19.9 Å². The van der Waals surface area contributed by atoms with E-state index in [-0.39, 0.29) is 17.4 Å². The lowest BCUT2D eigenvalue weighted by molar-refractivity contribution is -0.139. The van der Waals surface area contributed by atoms with Crippen LogP contribution in [0.5, 0.6) is 5.88 Å². The second kappa shape index (κ2) is 11.0. The summed E-state index contributed by atoms with van der Waals surface area (Å²) in [6.07, 6.45) is -1.14. The highest BCUT2D eigenvalue weighted by Crippen LogP contribution is 2.54. The predicted octanol–water partition coefficient (Wildman–Crippen LogP) is 4.17. The number of nitrogens with zero attached hydrogens (tertiary/aromatic N) is 2. The largest absolute Gasteiger partial charge is 0.477 e. The molecule has 2 aliphatic rings. The molecule has 2 heterocycles. The molecule has 208 valence electrons. The number of rotatable bonds is 10. The lowest BCUT2D eigenvalue weighted by Crippen LogP contribution is -2.36. The van der Waals surface area contributed by atoms with E-state index in [1.165, 1.54) is 50.1 Å². The Labute approximate surface area is 219 Å². The number of anilines is 3. The Hall–Kier alpha value is -3.06. The minimum Gasteiger partial charge on any atom is -0.477 e. The van der Waals surface area contributed by atoms with Gasteiger partial charge in [0.2, 0.25) is 15.9 Å². The van der Waals surface area contributed by atoms with Crippen LogP contribution >= 0.6 is 0 Å². The molecular weight excluding hydrogens is 525 g/mol. The van der Waals surface area contributed by atoms with Crippen molar-refractivity contribution in [3.8, 4) is 5.88 Å². The number of benzene rings is 1. The van der Waals surface area contributed by atoms with Crippen molar-refractivity contribution in [3.05, 3.63) is 42.0 Å². The fourth-order valence-corrected chi connectivity index (χ4v) is 5.18. The Morgan fingerprint density at radius 1 is 1.18 bits per heavy atom. The van der Waals surface area contributed by atoms with Gasteiger partial charge in [-0.2, -0.15) is 18.2 Å². The summed E-state index contributed by atoms with van der Waals surface area (Å²) in [5.74, 6) is -0.465. The zero-order valence-corrected chi connectivity index (χ0v) is 21.7. The molecule has 9 nitrogen and oxygen atoms in total. The zero-order valence-electron chi connectivity index (χ0n) is 20.9. The van der Waals surface area contributed by atoms with E-state index in [0.29, 0.717) is 29.8 Å². The van der Waals surface area contributed by atoms with Crippen molar-refractivity contribution in [2.45, 2.75) is 50.5 Å². The SMILES string of the molecule is C[C@@H](CO)S(=O)(=O)Nc1ccc(C(=O)Nc2cccc(OCCC(F)(F)F)n2)c(N2CCC3(CC2)CC3)c1. The van der Waals surface area contributed by atoms with Gasteiger partial charge in [-0.15, -0.1) is 0 Å². The molecule has 3 N–H and O–H groups in total. The summed E-state index contributed by atoms with van der Waals surface area (Å²) in [4.78, 5) is 19.4. The van der Waals surface area contributed by atoms with E-state index in [4.69, 9.17) is 4.74 Å². The van der Waals surface area contributed by atoms with E-state index in [9.17, 15) is 31.5 Å². The first kappa shape index (κ1) is 28.0. The molecule has 1 saturated carbocycles. The third kappa shape index (κ3) is 7.07. The Bertz CT molecular complexity index is 1260. The molecule has 0 bridgehead atoms. The molecule has 1 saturated heterocycles. The number of carbonyl (C=O) groups is 1. The average molecular weight is 557 g/mol. The van der Waals surface area contributed by atoms with Gasteiger partial charge in [-0.05, 0) is 62.3 Å². The Balaban J connectivity index is 1.54. The number of aromatic nitrogens is 1. The minimum atomic E-state index is -4.35. The number of hydrogen-bond donors (Lipinski definition) is 3. The molecule has 0 radical (unpaired) electrons. The fraction of sp³-hybridized carbons (Fsp3) is 0.520. The molecular formula is C25H31F3N4O5S. The van der Waals surface area contributed by atoms with Gasteiger partial charge in [0.05, 0.1) is 36.6 Å². The molecule has 1 aromatic carbocycles. The quantitative estimate of drug-likeness (QED) is 0.402. The summed E-state index contributed by atoms with van der Waals surface area (Å²) in [5, 5.41) is 10.9. The van der Waals surface area contributed by atoms with Crippen LogP contribution < -0.4 is 19.7 Å². The normalized spacial score (nSPS) is 17.7. The standard InChI is InChI=1S/C25H31F3N4O5S/c1-17(16-33)38(35,36)31-18-5-6-19(20(15-18)32-12-9-24(7-8-24)10-13-32)23(34)30-21-3-2-4-22(29-21)37-14-11-25(26,27)28/h2-6,15,17,31,33H,7-14,16H2,1H3,(H,29,30,34)/t17-/m0/s1. The monoisotopic (exact) mass is 556 g/mol. The number of nitrogens with one attached hydrogen (secondary N) is 2. The van der Waals surface area contributed by atoms with Crippen LogP contribution in [0.4, 0.5) is 30.4 Å². The number of aliphatic hydroxyl groups is 1. The number of piperidine rings is 1. The first-order chi connectivity index (χ1) is 17.9. The second-order valence-corrected chi connectivity index (χ2v) is 12.0. The van der Waals surface area contributed by atoms with Crippen molar-refractivity contribution >= 4 is 33.1 Å². The molecule has 1 aliphatic carbocycles. The summed E-state index contributed by atoms with van der Waals surface area (Å²) >= 11 is 0. The Morgan fingerprint density at radius 3 is 2.53 bits per heavy atom. The molecule has 1 aliphatic heterocycles. The molecule has 4 rings (SSSR count). The van der Waals surface area contributed by atoms with E-state index < -0.39 is 47.0 Å². The van der Waals surface area contributed by atoms with Gasteiger partial charge in [0, 0.05) is 19.2 Å². The van der Waals surface area contributed by atoms with Gasteiger partial charge >= 0.3 is 6.18 Å². The van der Waals surface area contributed by atoms with Crippen LogP contribution in [0.1, 0.15) is 49.4 Å². The van der Waals surface area contributed by atoms with Crippen molar-refractivity contribution in [1.82, 2.24) is 4.98 Å². The fourth-order valence-electron chi connectivity index (χ4n) is 4.33. The van der Waals surface area contributed by atoms with Gasteiger partial charge in [-0.1, -0.05) is 6.07 Å². The molecule has 1 aromatic heterocycles. The molecule has 13 heteroatoms. The highest BCUT2D eigenvalue weighted by molar-refractivity contribution is 7.93. The maximum absolute atomic E-state index is 13.3. The maximum Gasteiger partial charge on any atom is 0.392 e. The highest BCUT2D eigenvalue weighted by Gasteiger charge is 2.44. The number of amides is 1. The summed E-state index contributed by atoms with van der Waals surface area (Å²) in [6.45, 7) is 1.68. The van der Waals surface area contributed by atoms with Gasteiger partial charge in [0.1, 0.15) is 11.1 Å². The molecule has 0 unspecified atom stereocenters. The number of carbonyl (C=O) groups excluding carboxylic acids is 1. The first-order valence-electron chi connectivity index (χ1n) is 12.4. The number of alkyl halides is 3. The summed E-state index contributed by atoms with van der Waals surface area (Å²) in [6, 6.07) is 8.98. The van der Waals surface area contributed by atoms with Crippen molar-refractivity contribution in [2.75, 3.05) is 41.2 Å². The smallest absolute Gasteiger partial charge is 0.392 e. The van der Waals surface area contributed by atoms with E-state index in [1.807, 2.05) is 0 Å². The third-order valence-electron chi connectivity index (χ3n) is 7.01. The van der Waals surface area contributed by atoms with Gasteiger partial charge < -0.3 is 20.1 Å². The predicted molar refractivity (Wildman–Crippen MR) is 137 cm³/mol. The lowest BCUT2D eigenvalue weighted by atomic mass is 9.93. The summed E-state index contributed by atoms with van der Waals surface area (Å²) in [5.41, 5.74) is 1.49. The van der Waals surface area contributed by atoms with E-state index in [0.717, 1.165) is 12.8 Å². The van der Waals surface area contributed by atoms with Gasteiger partial charge in [-0.25, -0.2) is 8.42 Å². The Kier molecular flexibility index (Phi) is 8.07. The number of pyridine rings is 1. The average Bonchev–Trinajstić information content (AvgIpc) is 3.61. The van der Waals surface area contributed by atoms with Crippen LogP contribution in [0.25, 0.3) is 0 Å². The van der Waals surface area contributed by atoms with Crippen LogP contribution in [-0.2, 0) is 10.0 Å². The highest BCUT2D eigenvalue weighted by atomic mass is 32.2. The van der Waals surface area contributed by atoms with Crippen molar-refractivity contribution in [2.24, 2.45) is 5.41 Å². The number of aliphatic hydroxyl groups excluding tert-OH is 1. The van der Waals surface area contributed by atoms with Crippen LogP contribution in [0.2, 0.25) is 0 Å². The van der Waals surface area contributed by atoms with Crippen LogP contribution in [0.3, 0.4) is 0 Å². The number of sulfonamides is 1. The molecule has 2 aromatic rings. The number of hydrogen-bond acceptors (Lipinski definition) is 7. The molecule has 38 heavy (non-hydrogen) atoms. The maximum atomic E-state index is 13.3. The third-order valence-corrected chi connectivity index (χ3v) is 8.74. The van der Waals surface area contributed by atoms with Crippen molar-refractivity contribution < 1.29 is 36.2 Å². The molecule has 1 atom stereocenters. The van der Waals surface area contributed by atoms with Crippen molar-refractivity contribution in [3.63, 3.8) is 0 Å². The van der Waals surface area contributed by atoms with Gasteiger partial charge in [0.25, 0.3) is 5.91 Å². The van der Waals surface area contributed by atoms with Crippen molar-refractivity contribution in [1.29, 1.82) is 0 Å². The second-order valence-electron chi connectivity index (χ2n) is 9.89. The first-order valence-corrected chi connectivity index (χ1v) is 13.9. The van der Waals surface area contributed by atoms with Gasteiger partial charge in [0.15, 0.2) is 0 Å². The number of ether oxygens (including phenoxy) is 1. The van der Waals surface area contributed by atoms with E-state index in [1.54, 1.807) is 6.07 Å². The number of halogens is 3. The molecule has 1 spiro atoms. The minimum absolute atomic E-state index is 0.0548. The summed E-state index contributed by atoms with van der Waals surface area (Å²) in [7, 11) is -3.84. The van der Waals surface area contributed by atoms with Crippen LogP contribution in [-0.4, -0.2) is 62.1 Å². The Morgan fingerprint density at radius 2 is 1.89 bits per heavy atom. The lowest BCUT2D eigenvalue weighted by Gasteiger charge is -2.35. The van der Waals surface area contributed by atoms with Crippen LogP contribution in [0, 0.1) is 5.41 Å². The van der Waals surface area contributed by atoms with Crippen LogP contribution in [0.15, 0.2) is 36.4 Å². The van der Waals surface area contributed by atoms with Gasteiger partial charge in [-0.3, -0.25) is 9.52 Å². The zero-order chi connectivity index (χ0) is 27.6. The summed E-state index contributed by atoms with van der Waals surface area (Å²) < 4.78 is 69.7. The molecule has 2 fully saturated rings. The molecule has 1 amide bonds. The van der Waals surface area contributed by atoms with E-state index >= 15 is 0 Å². The topological polar surface area (TPSA) is 121 Å².